The first-order valence-corrected chi connectivity index (χ1v) is 7.11. The summed E-state index contributed by atoms with van der Waals surface area (Å²) in [6.07, 6.45) is 0. The van der Waals surface area contributed by atoms with Gasteiger partial charge in [0.15, 0.2) is 0 Å². The van der Waals surface area contributed by atoms with Crippen LogP contribution in [0.2, 0.25) is 0 Å². The van der Waals surface area contributed by atoms with Crippen LogP contribution in [0, 0.1) is 0 Å². The summed E-state index contributed by atoms with van der Waals surface area (Å²) in [5.41, 5.74) is -1.33. The molecule has 120 valence electrons. The number of likely N-dealkylation sites (N-methyl/N-ethyl adjacent to an activating group) is 1. The summed E-state index contributed by atoms with van der Waals surface area (Å²) < 4.78 is 0. The molecule has 1 aliphatic heterocycles. The zero-order valence-electron chi connectivity index (χ0n) is 12.3. The van der Waals surface area contributed by atoms with E-state index in [9.17, 15) is 19.2 Å². The minimum absolute atomic E-state index is 0.0223. The Bertz CT molecular complexity index is 629. The Kier molecular flexibility index (Phi) is 5.10. The average Bonchev–Trinajstić information content (AvgIpc) is 2.46. The van der Waals surface area contributed by atoms with Gasteiger partial charge in [-0.3, -0.25) is 24.3 Å². The normalized spacial score (nSPS) is 15.6. The van der Waals surface area contributed by atoms with Gasteiger partial charge in [0, 0.05) is 38.8 Å². The predicted octanol–water partition coefficient (Wildman–Crippen LogP) is -2.04. The number of nitrogens with one attached hydrogen (secondary N) is 3. The van der Waals surface area contributed by atoms with Crippen molar-refractivity contribution in [3.8, 4) is 0 Å². The standard InChI is InChI=1S/C13H19N5O4/c1-2-14-11(20)8-17-3-5-18(6-4-17)12(21)9-7-10(19)16-13(22)15-9/h7H,2-6,8H2,1H3,(H,14,20)(H2,15,16,19,22). The fourth-order valence-electron chi connectivity index (χ4n) is 2.32. The van der Waals surface area contributed by atoms with E-state index in [1.165, 1.54) is 0 Å². The van der Waals surface area contributed by atoms with Crippen molar-refractivity contribution in [3.05, 3.63) is 32.6 Å². The minimum atomic E-state index is -0.703. The summed E-state index contributed by atoms with van der Waals surface area (Å²) in [5, 5.41) is 2.73. The van der Waals surface area contributed by atoms with Gasteiger partial charge in [0.05, 0.1) is 6.54 Å². The number of nitrogens with zero attached hydrogens (tertiary/aromatic N) is 2. The average molecular weight is 309 g/mol. The minimum Gasteiger partial charge on any atom is -0.355 e. The molecule has 2 rings (SSSR count). The highest BCUT2D eigenvalue weighted by atomic mass is 16.2. The molecular weight excluding hydrogens is 290 g/mol. The highest BCUT2D eigenvalue weighted by molar-refractivity contribution is 5.92. The van der Waals surface area contributed by atoms with E-state index in [2.05, 4.69) is 10.3 Å². The Labute approximate surface area is 126 Å². The summed E-state index contributed by atoms with van der Waals surface area (Å²) in [6.45, 7) is 4.76. The third-order valence-corrected chi connectivity index (χ3v) is 3.39. The summed E-state index contributed by atoms with van der Waals surface area (Å²) in [6, 6.07) is 1.07. The van der Waals surface area contributed by atoms with Crippen molar-refractivity contribution in [2.24, 2.45) is 0 Å². The number of amides is 2. The molecule has 0 unspecified atom stereocenters. The summed E-state index contributed by atoms with van der Waals surface area (Å²) in [4.78, 5) is 54.0. The first kappa shape index (κ1) is 16.0. The van der Waals surface area contributed by atoms with Gasteiger partial charge in [0.2, 0.25) is 5.91 Å². The van der Waals surface area contributed by atoms with Crippen molar-refractivity contribution in [1.29, 1.82) is 0 Å². The summed E-state index contributed by atoms with van der Waals surface area (Å²) >= 11 is 0. The van der Waals surface area contributed by atoms with Crippen LogP contribution < -0.4 is 16.6 Å². The molecule has 1 saturated heterocycles. The molecule has 0 bridgehead atoms. The van der Waals surface area contributed by atoms with E-state index in [1.54, 1.807) is 4.90 Å². The lowest BCUT2D eigenvalue weighted by Crippen LogP contribution is -2.51. The molecule has 0 radical (unpaired) electrons. The SMILES string of the molecule is CCNC(=O)CN1CCN(C(=O)c2cc(=O)[nH]c(=O)[nH]2)CC1. The summed E-state index contributed by atoms with van der Waals surface area (Å²) in [7, 11) is 0. The lowest BCUT2D eigenvalue weighted by molar-refractivity contribution is -0.122. The maximum absolute atomic E-state index is 12.2. The van der Waals surface area contributed by atoms with E-state index >= 15 is 0 Å². The molecule has 2 amide bonds. The number of hydrogen-bond acceptors (Lipinski definition) is 5. The lowest BCUT2D eigenvalue weighted by Gasteiger charge is -2.34. The highest BCUT2D eigenvalue weighted by Crippen LogP contribution is 2.05. The molecule has 22 heavy (non-hydrogen) atoms. The lowest BCUT2D eigenvalue weighted by atomic mass is 10.2. The number of carbonyl (C=O) groups excluding carboxylic acids is 2. The molecule has 1 aromatic heterocycles. The Balaban J connectivity index is 1.93. The molecule has 0 atom stereocenters. The smallest absolute Gasteiger partial charge is 0.326 e. The van der Waals surface area contributed by atoms with E-state index in [-0.39, 0.29) is 17.5 Å². The number of H-pyrrole nitrogens is 2. The molecule has 0 aliphatic carbocycles. The van der Waals surface area contributed by atoms with E-state index in [1.807, 2.05) is 16.8 Å². The monoisotopic (exact) mass is 309 g/mol. The number of piperazine rings is 1. The van der Waals surface area contributed by atoms with Crippen molar-refractivity contribution in [1.82, 2.24) is 25.1 Å². The molecule has 1 fully saturated rings. The molecule has 0 aromatic carbocycles. The van der Waals surface area contributed by atoms with Crippen molar-refractivity contribution in [2.75, 3.05) is 39.3 Å². The van der Waals surface area contributed by atoms with Gasteiger partial charge in [-0.2, -0.15) is 0 Å². The van der Waals surface area contributed by atoms with Gasteiger partial charge in [-0.25, -0.2) is 4.79 Å². The molecule has 1 aromatic rings. The Morgan fingerprint density at radius 1 is 1.18 bits per heavy atom. The van der Waals surface area contributed by atoms with Crippen LogP contribution in [0.25, 0.3) is 0 Å². The predicted molar refractivity (Wildman–Crippen MR) is 78.7 cm³/mol. The van der Waals surface area contributed by atoms with Crippen LogP contribution in [-0.4, -0.2) is 70.9 Å². The number of hydrogen-bond donors (Lipinski definition) is 3. The van der Waals surface area contributed by atoms with Gasteiger partial charge < -0.3 is 15.2 Å². The highest BCUT2D eigenvalue weighted by Gasteiger charge is 2.23. The maximum Gasteiger partial charge on any atom is 0.326 e. The van der Waals surface area contributed by atoms with E-state index in [0.29, 0.717) is 39.3 Å². The van der Waals surface area contributed by atoms with Gasteiger partial charge in [-0.15, -0.1) is 0 Å². The molecule has 0 spiro atoms. The van der Waals surface area contributed by atoms with Crippen molar-refractivity contribution < 1.29 is 9.59 Å². The fourth-order valence-corrected chi connectivity index (χ4v) is 2.32. The maximum atomic E-state index is 12.2. The van der Waals surface area contributed by atoms with Crippen molar-refractivity contribution in [2.45, 2.75) is 6.92 Å². The Morgan fingerprint density at radius 2 is 1.86 bits per heavy atom. The van der Waals surface area contributed by atoms with E-state index in [0.717, 1.165) is 6.07 Å². The molecule has 9 heteroatoms. The molecule has 3 N–H and O–H groups in total. The van der Waals surface area contributed by atoms with Crippen LogP contribution in [-0.2, 0) is 4.79 Å². The molecule has 9 nitrogen and oxygen atoms in total. The van der Waals surface area contributed by atoms with Gasteiger partial charge in [0.1, 0.15) is 5.69 Å². The first-order chi connectivity index (χ1) is 10.5. The van der Waals surface area contributed by atoms with E-state index < -0.39 is 11.2 Å². The molecule has 1 aliphatic rings. The van der Waals surface area contributed by atoms with Crippen LogP contribution in [0.15, 0.2) is 15.7 Å². The van der Waals surface area contributed by atoms with Crippen molar-refractivity contribution in [3.63, 3.8) is 0 Å². The summed E-state index contributed by atoms with van der Waals surface area (Å²) in [5.74, 6) is -0.429. The van der Waals surface area contributed by atoms with E-state index in [4.69, 9.17) is 0 Å². The van der Waals surface area contributed by atoms with Gasteiger partial charge in [0.25, 0.3) is 11.5 Å². The third kappa shape index (κ3) is 4.04. The van der Waals surface area contributed by atoms with Crippen molar-refractivity contribution >= 4 is 11.8 Å². The number of aromatic amines is 2. The Hall–Kier alpha value is -2.42. The van der Waals surface area contributed by atoms with Gasteiger partial charge in [-0.1, -0.05) is 0 Å². The van der Waals surface area contributed by atoms with Crippen LogP contribution in [0.5, 0.6) is 0 Å². The van der Waals surface area contributed by atoms with Crippen LogP contribution in [0.3, 0.4) is 0 Å². The second-order valence-corrected chi connectivity index (χ2v) is 5.02. The molecular formula is C13H19N5O4. The fraction of sp³-hybridized carbons (Fsp3) is 0.538. The topological polar surface area (TPSA) is 118 Å². The third-order valence-electron chi connectivity index (χ3n) is 3.39. The second-order valence-electron chi connectivity index (χ2n) is 5.02. The number of aromatic nitrogens is 2. The Morgan fingerprint density at radius 3 is 2.45 bits per heavy atom. The number of carbonyl (C=O) groups is 2. The zero-order chi connectivity index (χ0) is 16.1. The zero-order valence-corrected chi connectivity index (χ0v) is 12.3. The van der Waals surface area contributed by atoms with Crippen LogP contribution in [0.4, 0.5) is 0 Å². The number of rotatable bonds is 4. The van der Waals surface area contributed by atoms with Crippen LogP contribution >= 0.6 is 0 Å². The first-order valence-electron chi connectivity index (χ1n) is 7.11. The second kappa shape index (κ2) is 7.03. The van der Waals surface area contributed by atoms with Crippen LogP contribution in [0.1, 0.15) is 17.4 Å². The quantitative estimate of drug-likeness (QED) is 0.592. The molecule has 2 heterocycles. The largest absolute Gasteiger partial charge is 0.355 e. The van der Waals surface area contributed by atoms with Gasteiger partial charge >= 0.3 is 5.69 Å². The van der Waals surface area contributed by atoms with Gasteiger partial charge in [-0.05, 0) is 6.92 Å². The molecule has 0 saturated carbocycles.